The number of nitrogens with one attached hydrogen (secondary N) is 1. The van der Waals surface area contributed by atoms with Crippen LogP contribution in [0.5, 0.6) is 0 Å². The average molecular weight is 428 g/mol. The fraction of sp³-hybridized carbons (Fsp3) is 0.154. The van der Waals surface area contributed by atoms with Crippen LogP contribution in [-0.4, -0.2) is 21.4 Å². The molecule has 0 saturated carbocycles. The Kier molecular flexibility index (Phi) is 6.53. The highest BCUT2D eigenvalue weighted by atomic mass is 32.2. The van der Waals surface area contributed by atoms with Crippen molar-refractivity contribution in [3.05, 3.63) is 114 Å². The Morgan fingerprint density at radius 1 is 0.871 bits per heavy atom. The third kappa shape index (κ3) is 4.89. The van der Waals surface area contributed by atoms with E-state index in [1.54, 1.807) is 11.8 Å². The molecule has 4 rings (SSSR count). The summed E-state index contributed by atoms with van der Waals surface area (Å²) in [6.45, 7) is 3.90. The van der Waals surface area contributed by atoms with Crippen molar-refractivity contribution in [2.24, 2.45) is 0 Å². The molecule has 4 aromatic rings. The van der Waals surface area contributed by atoms with E-state index in [4.69, 9.17) is 0 Å². The minimum absolute atomic E-state index is 0.0272. The maximum absolute atomic E-state index is 12.9. The van der Waals surface area contributed by atoms with E-state index in [9.17, 15) is 4.79 Å². The predicted molar refractivity (Wildman–Crippen MR) is 129 cm³/mol. The predicted octanol–water partition coefficient (Wildman–Crippen LogP) is 5.95. The first-order valence-corrected chi connectivity index (χ1v) is 11.3. The minimum Gasteiger partial charge on any atom is -0.322 e. The lowest BCUT2D eigenvalue weighted by molar-refractivity contribution is -0.113. The fourth-order valence-corrected chi connectivity index (χ4v) is 4.71. The van der Waals surface area contributed by atoms with Gasteiger partial charge < -0.3 is 5.32 Å². The summed E-state index contributed by atoms with van der Waals surface area (Å²) >= 11 is 1.63. The van der Waals surface area contributed by atoms with Crippen molar-refractivity contribution in [1.29, 1.82) is 0 Å². The smallest absolute Gasteiger partial charge is 0.234 e. The Morgan fingerprint density at radius 2 is 1.39 bits per heavy atom. The molecule has 0 saturated heterocycles. The first kappa shape index (κ1) is 20.9. The highest BCUT2D eigenvalue weighted by molar-refractivity contribution is 8.00. The van der Waals surface area contributed by atoms with Gasteiger partial charge in [0.05, 0.1) is 33.8 Å². The van der Waals surface area contributed by atoms with Gasteiger partial charge in [0.25, 0.3) is 0 Å². The number of carbonyl (C=O) groups is 1. The standard InChI is InChI=1S/C26H25N3OS/c1-19-25(20(2)29(28-19)23-16-10-5-11-17-23)27-24(30)18-31-26(21-12-6-3-7-13-21)22-14-8-4-9-15-22/h3-17,26H,18H2,1-2H3,(H,27,30). The first-order valence-electron chi connectivity index (χ1n) is 10.3. The number of anilines is 1. The van der Waals surface area contributed by atoms with Gasteiger partial charge in [0.2, 0.25) is 5.91 Å². The van der Waals surface area contributed by atoms with E-state index >= 15 is 0 Å². The number of nitrogens with zero attached hydrogens (tertiary/aromatic N) is 2. The van der Waals surface area contributed by atoms with E-state index in [-0.39, 0.29) is 11.2 Å². The van der Waals surface area contributed by atoms with Crippen molar-refractivity contribution >= 4 is 23.4 Å². The zero-order valence-electron chi connectivity index (χ0n) is 17.7. The normalized spacial score (nSPS) is 10.9. The molecule has 156 valence electrons. The molecule has 0 radical (unpaired) electrons. The Hall–Kier alpha value is -3.31. The van der Waals surface area contributed by atoms with Gasteiger partial charge in [-0.2, -0.15) is 5.10 Å². The van der Waals surface area contributed by atoms with Crippen molar-refractivity contribution in [2.75, 3.05) is 11.1 Å². The summed E-state index contributed by atoms with van der Waals surface area (Å²) in [7, 11) is 0. The van der Waals surface area contributed by atoms with Crippen LogP contribution in [0.1, 0.15) is 27.8 Å². The molecule has 0 aliphatic heterocycles. The summed E-state index contributed by atoms with van der Waals surface area (Å²) in [5.74, 6) is 0.324. The molecule has 3 aromatic carbocycles. The Balaban J connectivity index is 1.49. The summed E-state index contributed by atoms with van der Waals surface area (Å²) in [6.07, 6.45) is 0. The summed E-state index contributed by atoms with van der Waals surface area (Å²) in [6, 6.07) is 30.6. The number of hydrogen-bond acceptors (Lipinski definition) is 3. The third-order valence-electron chi connectivity index (χ3n) is 5.14. The van der Waals surface area contributed by atoms with Crippen LogP contribution in [0.2, 0.25) is 0 Å². The maximum atomic E-state index is 12.9. The topological polar surface area (TPSA) is 46.9 Å². The van der Waals surface area contributed by atoms with Crippen LogP contribution < -0.4 is 5.32 Å². The molecular formula is C26H25N3OS. The van der Waals surface area contributed by atoms with Gasteiger partial charge in [-0.25, -0.2) is 4.68 Å². The number of para-hydroxylation sites is 1. The van der Waals surface area contributed by atoms with Crippen LogP contribution in [0.25, 0.3) is 5.69 Å². The van der Waals surface area contributed by atoms with E-state index in [1.165, 1.54) is 11.1 Å². The van der Waals surface area contributed by atoms with Crippen LogP contribution in [0, 0.1) is 13.8 Å². The Bertz CT molecular complexity index is 1100. The molecule has 0 unspecified atom stereocenters. The van der Waals surface area contributed by atoms with Crippen molar-refractivity contribution in [2.45, 2.75) is 19.1 Å². The van der Waals surface area contributed by atoms with E-state index in [0.717, 1.165) is 22.8 Å². The van der Waals surface area contributed by atoms with Crippen molar-refractivity contribution in [1.82, 2.24) is 9.78 Å². The zero-order chi connectivity index (χ0) is 21.6. The SMILES string of the molecule is Cc1nn(-c2ccccc2)c(C)c1NC(=O)CSC(c1ccccc1)c1ccccc1. The van der Waals surface area contributed by atoms with Crippen LogP contribution in [-0.2, 0) is 4.79 Å². The maximum Gasteiger partial charge on any atom is 0.234 e. The second-order valence-corrected chi connectivity index (χ2v) is 8.45. The summed E-state index contributed by atoms with van der Waals surface area (Å²) < 4.78 is 1.87. The van der Waals surface area contributed by atoms with Crippen molar-refractivity contribution in [3.8, 4) is 5.69 Å². The first-order chi connectivity index (χ1) is 15.1. The van der Waals surface area contributed by atoms with E-state index in [1.807, 2.05) is 85.3 Å². The lowest BCUT2D eigenvalue weighted by Crippen LogP contribution is -2.16. The van der Waals surface area contributed by atoms with Gasteiger partial charge in [0, 0.05) is 0 Å². The molecular weight excluding hydrogens is 402 g/mol. The quantitative estimate of drug-likeness (QED) is 0.396. The van der Waals surface area contributed by atoms with E-state index in [0.29, 0.717) is 5.75 Å². The number of amides is 1. The number of benzene rings is 3. The lowest BCUT2D eigenvalue weighted by Gasteiger charge is -2.17. The molecule has 1 amide bonds. The Morgan fingerprint density at radius 3 is 1.94 bits per heavy atom. The van der Waals surface area contributed by atoms with Crippen LogP contribution in [0.4, 0.5) is 5.69 Å². The Labute approximate surface area is 187 Å². The van der Waals surface area contributed by atoms with Gasteiger partial charge in [-0.3, -0.25) is 4.79 Å². The molecule has 31 heavy (non-hydrogen) atoms. The minimum atomic E-state index is -0.0272. The molecule has 4 nitrogen and oxygen atoms in total. The largest absolute Gasteiger partial charge is 0.322 e. The van der Waals surface area contributed by atoms with Gasteiger partial charge >= 0.3 is 0 Å². The number of hydrogen-bond donors (Lipinski definition) is 1. The van der Waals surface area contributed by atoms with Gasteiger partial charge in [0.15, 0.2) is 0 Å². The molecule has 1 N–H and O–H groups in total. The molecule has 0 atom stereocenters. The molecule has 0 aliphatic carbocycles. The molecule has 1 heterocycles. The number of carbonyl (C=O) groups excluding carboxylic acids is 1. The monoisotopic (exact) mass is 427 g/mol. The molecule has 0 spiro atoms. The fourth-order valence-electron chi connectivity index (χ4n) is 3.62. The lowest BCUT2D eigenvalue weighted by atomic mass is 10.0. The number of aromatic nitrogens is 2. The van der Waals surface area contributed by atoms with Crippen LogP contribution in [0.15, 0.2) is 91.0 Å². The van der Waals surface area contributed by atoms with Crippen molar-refractivity contribution in [3.63, 3.8) is 0 Å². The molecule has 5 heteroatoms. The summed E-state index contributed by atoms with van der Waals surface area (Å²) in [5.41, 5.74) is 5.87. The van der Waals surface area contributed by atoms with Gasteiger partial charge in [-0.15, -0.1) is 11.8 Å². The number of thioether (sulfide) groups is 1. The summed E-state index contributed by atoms with van der Waals surface area (Å²) in [4.78, 5) is 12.9. The third-order valence-corrected chi connectivity index (χ3v) is 6.45. The zero-order valence-corrected chi connectivity index (χ0v) is 18.5. The second kappa shape index (κ2) is 9.67. The van der Waals surface area contributed by atoms with E-state index < -0.39 is 0 Å². The van der Waals surface area contributed by atoms with Gasteiger partial charge in [-0.05, 0) is 37.1 Å². The second-order valence-electron chi connectivity index (χ2n) is 7.35. The molecule has 0 fully saturated rings. The molecule has 1 aromatic heterocycles. The summed E-state index contributed by atoms with van der Waals surface area (Å²) in [5, 5.41) is 7.80. The van der Waals surface area contributed by atoms with Crippen LogP contribution in [0.3, 0.4) is 0 Å². The highest BCUT2D eigenvalue weighted by Gasteiger charge is 2.19. The van der Waals surface area contributed by atoms with Gasteiger partial charge in [-0.1, -0.05) is 78.9 Å². The van der Waals surface area contributed by atoms with E-state index in [2.05, 4.69) is 34.7 Å². The average Bonchev–Trinajstić information content (AvgIpc) is 3.09. The van der Waals surface area contributed by atoms with Gasteiger partial charge in [0.1, 0.15) is 0 Å². The highest BCUT2D eigenvalue weighted by Crippen LogP contribution is 2.35. The molecule has 0 aliphatic rings. The number of aryl methyl sites for hydroxylation is 1. The van der Waals surface area contributed by atoms with Crippen molar-refractivity contribution < 1.29 is 4.79 Å². The number of rotatable bonds is 7. The molecule has 0 bridgehead atoms. The van der Waals surface area contributed by atoms with Crippen LogP contribution >= 0.6 is 11.8 Å².